The third-order valence-electron chi connectivity index (χ3n) is 20.3. The molecule has 4 aliphatic carbocycles. The van der Waals surface area contributed by atoms with Gasteiger partial charge in [-0.1, -0.05) is 27.7 Å². The van der Waals surface area contributed by atoms with E-state index in [2.05, 4.69) is 27.7 Å². The topological polar surface area (TPSA) is 315 Å². The number of hydrogen-bond acceptors (Lipinski definition) is 21. The molecule has 0 amide bonds. The lowest BCUT2D eigenvalue weighted by Crippen LogP contribution is -2.67. The van der Waals surface area contributed by atoms with Crippen LogP contribution >= 0.6 is 0 Å². The first kappa shape index (κ1) is 54.5. The molecule has 0 aromatic carbocycles. The second kappa shape index (κ2) is 20.4. The van der Waals surface area contributed by atoms with Crippen LogP contribution in [0.15, 0.2) is 0 Å². The average Bonchev–Trinajstić information content (AvgIpc) is 3.80. The van der Waals surface area contributed by atoms with Crippen LogP contribution < -0.4 is 0 Å². The molecule has 21 heteroatoms. The molecule has 21 nitrogen and oxygen atoms in total. The minimum Gasteiger partial charge on any atom is -0.394 e. The Hall–Kier alpha value is -0.840. The van der Waals surface area contributed by atoms with Crippen LogP contribution in [0.3, 0.4) is 0 Å². The number of fused-ring (bicyclic) bond motifs is 7. The Bertz CT molecular complexity index is 1860. The van der Waals surface area contributed by atoms with E-state index >= 15 is 0 Å². The molecular weight excluding hydrogens is 949 g/mol. The van der Waals surface area contributed by atoms with Gasteiger partial charge in [0, 0.05) is 12.3 Å². The van der Waals surface area contributed by atoms with Crippen molar-refractivity contribution >= 4 is 0 Å². The van der Waals surface area contributed by atoms with E-state index in [1.54, 1.807) is 6.92 Å². The van der Waals surface area contributed by atoms with Gasteiger partial charge in [-0.05, 0) is 118 Å². The molecule has 33 atom stereocenters. The zero-order valence-electron chi connectivity index (χ0n) is 42.6. The van der Waals surface area contributed by atoms with Gasteiger partial charge in [-0.15, -0.1) is 0 Å². The molecular formula is C51H84O21. The van der Waals surface area contributed by atoms with E-state index in [0.717, 1.165) is 32.1 Å². The van der Waals surface area contributed by atoms with Gasteiger partial charge in [-0.25, -0.2) is 0 Å². The van der Waals surface area contributed by atoms with E-state index in [-0.39, 0.29) is 40.6 Å². The largest absolute Gasteiger partial charge is 0.394 e. The van der Waals surface area contributed by atoms with Gasteiger partial charge >= 0.3 is 0 Å². The van der Waals surface area contributed by atoms with E-state index in [4.69, 9.17) is 47.4 Å². The van der Waals surface area contributed by atoms with Crippen molar-refractivity contribution in [3.8, 4) is 0 Å². The van der Waals surface area contributed by atoms with Crippen LogP contribution in [0.1, 0.15) is 106 Å². The first-order valence-electron chi connectivity index (χ1n) is 27.0. The molecule has 1 spiro atoms. The van der Waals surface area contributed by atoms with Gasteiger partial charge < -0.3 is 104 Å². The van der Waals surface area contributed by atoms with Crippen molar-refractivity contribution in [2.45, 2.75) is 253 Å². The lowest BCUT2D eigenvalue weighted by atomic mass is 9.43. The van der Waals surface area contributed by atoms with E-state index in [9.17, 15) is 56.2 Å². The second-order valence-corrected chi connectivity index (χ2v) is 24.4. The van der Waals surface area contributed by atoms with Crippen LogP contribution in [0.25, 0.3) is 0 Å². The van der Waals surface area contributed by atoms with Gasteiger partial charge in [0.05, 0.1) is 49.8 Å². The van der Waals surface area contributed by atoms with Gasteiger partial charge in [0.15, 0.2) is 30.9 Å². The Morgan fingerprint density at radius 2 is 1.06 bits per heavy atom. The van der Waals surface area contributed by atoms with Crippen LogP contribution in [0.2, 0.25) is 0 Å². The van der Waals surface area contributed by atoms with Crippen LogP contribution in [-0.2, 0) is 47.4 Å². The Morgan fingerprint density at radius 1 is 0.500 bits per heavy atom. The van der Waals surface area contributed by atoms with Gasteiger partial charge in [0.25, 0.3) is 0 Å². The highest BCUT2D eigenvalue weighted by molar-refractivity contribution is 5.17. The van der Waals surface area contributed by atoms with Crippen LogP contribution in [0, 0.1) is 52.3 Å². The fourth-order valence-corrected chi connectivity index (χ4v) is 16.0. The van der Waals surface area contributed by atoms with Gasteiger partial charge in [0.1, 0.15) is 79.4 Å². The summed E-state index contributed by atoms with van der Waals surface area (Å²) in [4.78, 5) is 0. The molecule has 0 bridgehead atoms. The Kier molecular flexibility index (Phi) is 15.5. The minimum atomic E-state index is -1.79. The number of rotatable bonds is 9. The van der Waals surface area contributed by atoms with Crippen molar-refractivity contribution in [3.63, 3.8) is 0 Å². The summed E-state index contributed by atoms with van der Waals surface area (Å²) in [6.07, 6.45) is -23.1. The maximum absolute atomic E-state index is 12.2. The van der Waals surface area contributed by atoms with Crippen LogP contribution in [0.4, 0.5) is 0 Å². The molecule has 11 N–H and O–H groups in total. The molecule has 6 aliphatic heterocycles. The van der Waals surface area contributed by atoms with Crippen molar-refractivity contribution in [2.75, 3.05) is 13.2 Å². The van der Waals surface area contributed by atoms with Crippen molar-refractivity contribution < 1.29 is 104 Å². The normalized spacial score (nSPS) is 59.9. The van der Waals surface area contributed by atoms with Crippen molar-refractivity contribution in [1.82, 2.24) is 0 Å². The molecule has 10 rings (SSSR count). The van der Waals surface area contributed by atoms with Gasteiger partial charge in [0.2, 0.25) is 0 Å². The first-order valence-corrected chi connectivity index (χ1v) is 27.0. The third-order valence-corrected chi connectivity index (χ3v) is 20.3. The smallest absolute Gasteiger partial charge is 0.187 e. The second-order valence-electron chi connectivity index (χ2n) is 24.4. The summed E-state index contributed by atoms with van der Waals surface area (Å²) >= 11 is 0. The predicted octanol–water partition coefficient (Wildman–Crippen LogP) is -0.856. The number of aliphatic hydroxyl groups excluding tert-OH is 11. The predicted molar refractivity (Wildman–Crippen MR) is 245 cm³/mol. The first-order chi connectivity index (χ1) is 34.0. The zero-order valence-corrected chi connectivity index (χ0v) is 42.6. The molecule has 414 valence electrons. The highest BCUT2D eigenvalue weighted by atomic mass is 16.8. The molecule has 0 radical (unpaired) electrons. The summed E-state index contributed by atoms with van der Waals surface area (Å²) in [6.45, 7) is 13.9. The Balaban J connectivity index is 0.924. The number of hydrogen-bond donors (Lipinski definition) is 11. The zero-order chi connectivity index (χ0) is 51.7. The minimum absolute atomic E-state index is 0.0219. The molecule has 0 aromatic rings. The average molecular weight is 1030 g/mol. The summed E-state index contributed by atoms with van der Waals surface area (Å²) < 4.78 is 63.7. The monoisotopic (exact) mass is 1030 g/mol. The van der Waals surface area contributed by atoms with Crippen LogP contribution in [0.5, 0.6) is 0 Å². The van der Waals surface area contributed by atoms with E-state index in [1.807, 2.05) is 0 Å². The summed E-state index contributed by atoms with van der Waals surface area (Å²) in [5.41, 5.74) is -0.337. The summed E-state index contributed by atoms with van der Waals surface area (Å²) in [7, 11) is 0. The highest BCUT2D eigenvalue weighted by Gasteiger charge is 2.70. The van der Waals surface area contributed by atoms with E-state index in [0.29, 0.717) is 50.0 Å². The summed E-state index contributed by atoms with van der Waals surface area (Å²) in [6, 6.07) is 0. The molecule has 0 unspecified atom stereocenters. The maximum atomic E-state index is 12.2. The molecule has 0 aromatic heterocycles. The van der Waals surface area contributed by atoms with E-state index in [1.165, 1.54) is 13.8 Å². The maximum Gasteiger partial charge on any atom is 0.187 e. The molecule has 10 aliphatic rings. The van der Waals surface area contributed by atoms with Crippen LogP contribution in [-0.4, -0.2) is 216 Å². The lowest BCUT2D eigenvalue weighted by Gasteiger charge is -2.63. The lowest BCUT2D eigenvalue weighted by molar-refractivity contribution is -0.390. The summed E-state index contributed by atoms with van der Waals surface area (Å²) in [5.74, 6) is 1.09. The molecule has 4 saturated carbocycles. The number of ether oxygens (including phenoxy) is 10. The standard InChI is InChI=1S/C51H84O21/c1-19-8-13-51(63-18-19)20(2)32-30(72-51)16-27-25-15-29(68-45-39(59)36(56)33(53)21(3)64-45)28-14-24(9-11-49(28,6)26(25)10-12-50(27,32)7)67-48-44(71-47-41(61)38(58)35(55)23(5)66-47)42(62)43(31(17-52)69-48)70-46-40(60)37(57)34(54)22(4)65-46/h19-48,52-62H,8-18H2,1-7H3/t19-,20+,21+,22+,23+,24+,25-,26+,27+,28-,29+,30+,31-,32+,33+,34+,35+,36-,37-,38-,39-,40-,41-,42+,43-,44-,45+,46+,47+,48-,49-,50+,51-/m1/s1. The molecule has 10 fully saturated rings. The van der Waals surface area contributed by atoms with E-state index < -0.39 is 147 Å². The Morgan fingerprint density at radius 3 is 1.61 bits per heavy atom. The quantitative estimate of drug-likeness (QED) is 0.125. The summed E-state index contributed by atoms with van der Waals surface area (Å²) in [5, 5.41) is 120. The van der Waals surface area contributed by atoms with Gasteiger partial charge in [-0.2, -0.15) is 0 Å². The highest BCUT2D eigenvalue weighted by Crippen LogP contribution is 2.72. The van der Waals surface area contributed by atoms with Crippen molar-refractivity contribution in [3.05, 3.63) is 0 Å². The van der Waals surface area contributed by atoms with Crippen molar-refractivity contribution in [1.29, 1.82) is 0 Å². The fraction of sp³-hybridized carbons (Fsp3) is 1.00. The molecule has 72 heavy (non-hydrogen) atoms. The Labute approximate surface area is 421 Å². The fourth-order valence-electron chi connectivity index (χ4n) is 16.0. The molecule has 6 heterocycles. The number of aliphatic hydroxyl groups is 11. The van der Waals surface area contributed by atoms with Gasteiger partial charge in [-0.3, -0.25) is 0 Å². The molecule has 6 saturated heterocycles. The third kappa shape index (κ3) is 9.08. The van der Waals surface area contributed by atoms with Crippen molar-refractivity contribution in [2.24, 2.45) is 52.3 Å². The SMILES string of the molecule is C[C@@H]1CC[C@@]2(OC1)O[C@H]1C[C@H]3[C@@H]4C[C@H](O[C@@H]5O[C@@H](C)[C@H](O)[C@@H](O)[C@H]5O)[C@H]5C[C@@H](O[C@@H]6O[C@H](CO)[C@@H](O[C@@H]7O[C@@H](C)[C@H](O)[C@@H](O)[C@H]7O)[C@H](O)[C@H]6O[C@@H]6O[C@@H](C)[C@H](O)[C@@H](O)[C@H]6O)CC[C@]5(C)[C@H]4CC[C@]3(C)[C@H]1[C@@H]2C.